The number of amides is 2. The van der Waals surface area contributed by atoms with Crippen molar-refractivity contribution in [1.29, 1.82) is 0 Å². The molecule has 2 atom stereocenters. The highest BCUT2D eigenvalue weighted by atomic mass is 16.4. The molecule has 0 aliphatic carbocycles. The molecule has 0 bridgehead atoms. The lowest BCUT2D eigenvalue weighted by Crippen LogP contribution is -2.48. The van der Waals surface area contributed by atoms with E-state index in [0.29, 0.717) is 6.54 Å². The molecular formula is C13H24N2O3. The molecule has 0 aromatic heterocycles. The van der Waals surface area contributed by atoms with Crippen molar-refractivity contribution >= 4 is 12.0 Å². The minimum absolute atomic E-state index is 0.0500. The standard InChI is InChI=1S/C13H24N2O3/c1-3-5-10(2)14-13(18)15-7-4-6-11(9-15)8-12(16)17/h10-11H,3-9H2,1-2H3,(H,14,18)(H,16,17). The van der Waals surface area contributed by atoms with E-state index in [1.807, 2.05) is 6.92 Å². The van der Waals surface area contributed by atoms with Crippen LogP contribution in [0.2, 0.25) is 0 Å². The number of nitrogens with one attached hydrogen (secondary N) is 1. The van der Waals surface area contributed by atoms with E-state index in [-0.39, 0.29) is 24.4 Å². The molecule has 1 aliphatic heterocycles. The summed E-state index contributed by atoms with van der Waals surface area (Å²) < 4.78 is 0. The molecule has 5 nitrogen and oxygen atoms in total. The number of carbonyl (C=O) groups is 2. The second kappa shape index (κ2) is 7.24. The SMILES string of the molecule is CCCC(C)NC(=O)N1CCCC(CC(=O)O)C1. The number of aliphatic carboxylic acids is 1. The first-order chi connectivity index (χ1) is 8.52. The Hall–Kier alpha value is -1.26. The molecule has 1 aliphatic rings. The average Bonchev–Trinajstić information content (AvgIpc) is 2.28. The fraction of sp³-hybridized carbons (Fsp3) is 0.846. The number of rotatable bonds is 5. The molecule has 2 amide bonds. The normalized spacial score (nSPS) is 21.4. The Labute approximate surface area is 109 Å². The molecule has 1 heterocycles. The lowest BCUT2D eigenvalue weighted by atomic mass is 9.95. The van der Waals surface area contributed by atoms with Gasteiger partial charge in [-0.05, 0) is 32.1 Å². The summed E-state index contributed by atoms with van der Waals surface area (Å²) in [5, 5.41) is 11.8. The predicted octanol–water partition coefficient (Wildman–Crippen LogP) is 2.07. The largest absolute Gasteiger partial charge is 0.481 e. The monoisotopic (exact) mass is 256 g/mol. The molecule has 1 rings (SSSR count). The van der Waals surface area contributed by atoms with E-state index in [4.69, 9.17) is 5.11 Å². The van der Waals surface area contributed by atoms with Crippen molar-refractivity contribution in [3.8, 4) is 0 Å². The molecular weight excluding hydrogens is 232 g/mol. The second-order valence-corrected chi connectivity index (χ2v) is 5.19. The number of hydrogen-bond acceptors (Lipinski definition) is 2. The van der Waals surface area contributed by atoms with Gasteiger partial charge in [0.2, 0.25) is 0 Å². The number of urea groups is 1. The Morgan fingerprint density at radius 2 is 2.22 bits per heavy atom. The summed E-state index contributed by atoms with van der Waals surface area (Å²) in [4.78, 5) is 24.4. The number of likely N-dealkylation sites (tertiary alicyclic amines) is 1. The number of carboxylic acid groups (broad SMARTS) is 1. The first-order valence-electron chi connectivity index (χ1n) is 6.80. The van der Waals surface area contributed by atoms with E-state index in [1.54, 1.807) is 4.90 Å². The highest BCUT2D eigenvalue weighted by molar-refractivity contribution is 5.74. The van der Waals surface area contributed by atoms with Crippen LogP contribution in [0.1, 0.15) is 46.0 Å². The minimum atomic E-state index is -0.776. The van der Waals surface area contributed by atoms with Gasteiger partial charge in [-0.15, -0.1) is 0 Å². The first-order valence-corrected chi connectivity index (χ1v) is 6.80. The molecule has 0 spiro atoms. The van der Waals surface area contributed by atoms with Gasteiger partial charge in [0.15, 0.2) is 0 Å². The molecule has 0 aromatic rings. The van der Waals surface area contributed by atoms with Crippen molar-refractivity contribution in [2.45, 2.75) is 52.0 Å². The molecule has 0 aromatic carbocycles. The fourth-order valence-corrected chi connectivity index (χ4v) is 2.47. The quantitative estimate of drug-likeness (QED) is 0.791. The van der Waals surface area contributed by atoms with Crippen LogP contribution in [-0.2, 0) is 4.79 Å². The van der Waals surface area contributed by atoms with Gasteiger partial charge in [-0.1, -0.05) is 13.3 Å². The van der Waals surface area contributed by atoms with Gasteiger partial charge in [0, 0.05) is 25.6 Å². The van der Waals surface area contributed by atoms with Crippen LogP contribution in [0.3, 0.4) is 0 Å². The number of nitrogens with zero attached hydrogens (tertiary/aromatic N) is 1. The topological polar surface area (TPSA) is 69.6 Å². The third kappa shape index (κ3) is 4.94. The minimum Gasteiger partial charge on any atom is -0.481 e. The highest BCUT2D eigenvalue weighted by Gasteiger charge is 2.25. The lowest BCUT2D eigenvalue weighted by molar-refractivity contribution is -0.138. The number of hydrogen-bond donors (Lipinski definition) is 2. The van der Waals surface area contributed by atoms with Gasteiger partial charge in [-0.3, -0.25) is 4.79 Å². The van der Waals surface area contributed by atoms with Crippen LogP contribution < -0.4 is 5.32 Å². The summed E-state index contributed by atoms with van der Waals surface area (Å²) in [6, 6.07) is 0.133. The summed E-state index contributed by atoms with van der Waals surface area (Å²) in [5.41, 5.74) is 0. The summed E-state index contributed by atoms with van der Waals surface area (Å²) >= 11 is 0. The summed E-state index contributed by atoms with van der Waals surface area (Å²) in [6.07, 6.45) is 3.98. The number of piperidine rings is 1. The van der Waals surface area contributed by atoms with Gasteiger partial charge in [-0.25, -0.2) is 4.79 Å². The van der Waals surface area contributed by atoms with Crippen LogP contribution in [0.25, 0.3) is 0 Å². The predicted molar refractivity (Wildman–Crippen MR) is 69.5 cm³/mol. The zero-order valence-corrected chi connectivity index (χ0v) is 11.3. The van der Waals surface area contributed by atoms with E-state index in [0.717, 1.165) is 32.2 Å². The molecule has 18 heavy (non-hydrogen) atoms. The Morgan fingerprint density at radius 3 is 2.83 bits per heavy atom. The third-order valence-electron chi connectivity index (χ3n) is 3.36. The van der Waals surface area contributed by atoms with Crippen molar-refractivity contribution in [2.75, 3.05) is 13.1 Å². The molecule has 1 fully saturated rings. The van der Waals surface area contributed by atoms with E-state index in [2.05, 4.69) is 12.2 Å². The third-order valence-corrected chi connectivity index (χ3v) is 3.36. The van der Waals surface area contributed by atoms with Gasteiger partial charge in [-0.2, -0.15) is 0 Å². The molecule has 5 heteroatoms. The van der Waals surface area contributed by atoms with Crippen LogP contribution in [0.5, 0.6) is 0 Å². The molecule has 1 saturated heterocycles. The average molecular weight is 256 g/mol. The first kappa shape index (κ1) is 14.8. The smallest absolute Gasteiger partial charge is 0.317 e. The maximum Gasteiger partial charge on any atom is 0.317 e. The van der Waals surface area contributed by atoms with Gasteiger partial charge >= 0.3 is 12.0 Å². The molecule has 2 unspecified atom stereocenters. The van der Waals surface area contributed by atoms with Crippen LogP contribution in [-0.4, -0.2) is 41.1 Å². The lowest BCUT2D eigenvalue weighted by Gasteiger charge is -2.33. The van der Waals surface area contributed by atoms with Crippen LogP contribution in [0.15, 0.2) is 0 Å². The van der Waals surface area contributed by atoms with E-state index >= 15 is 0 Å². The van der Waals surface area contributed by atoms with Crippen LogP contribution in [0, 0.1) is 5.92 Å². The van der Waals surface area contributed by atoms with E-state index in [9.17, 15) is 9.59 Å². The van der Waals surface area contributed by atoms with Crippen molar-refractivity contribution in [1.82, 2.24) is 10.2 Å². The number of carbonyl (C=O) groups excluding carboxylic acids is 1. The second-order valence-electron chi connectivity index (χ2n) is 5.19. The van der Waals surface area contributed by atoms with Crippen molar-refractivity contribution in [3.63, 3.8) is 0 Å². The fourth-order valence-electron chi connectivity index (χ4n) is 2.47. The molecule has 0 saturated carbocycles. The van der Waals surface area contributed by atoms with E-state index in [1.165, 1.54) is 0 Å². The Balaban J connectivity index is 2.40. The van der Waals surface area contributed by atoms with Gasteiger partial charge in [0.1, 0.15) is 0 Å². The summed E-state index contributed by atoms with van der Waals surface area (Å²) in [6.45, 7) is 5.39. The maximum atomic E-state index is 12.0. The van der Waals surface area contributed by atoms with Crippen molar-refractivity contribution < 1.29 is 14.7 Å². The zero-order chi connectivity index (χ0) is 13.5. The van der Waals surface area contributed by atoms with E-state index < -0.39 is 5.97 Å². The van der Waals surface area contributed by atoms with Crippen molar-refractivity contribution in [2.24, 2.45) is 5.92 Å². The Morgan fingerprint density at radius 1 is 1.50 bits per heavy atom. The van der Waals surface area contributed by atoms with Crippen LogP contribution >= 0.6 is 0 Å². The summed E-state index contributed by atoms with van der Waals surface area (Å²) in [7, 11) is 0. The Bertz CT molecular complexity index is 294. The van der Waals surface area contributed by atoms with Crippen LogP contribution in [0.4, 0.5) is 4.79 Å². The molecule has 0 radical (unpaired) electrons. The van der Waals surface area contributed by atoms with Gasteiger partial charge in [0.25, 0.3) is 0 Å². The Kier molecular flexibility index (Phi) is 5.95. The van der Waals surface area contributed by atoms with Crippen molar-refractivity contribution in [3.05, 3.63) is 0 Å². The maximum absolute atomic E-state index is 12.0. The highest BCUT2D eigenvalue weighted by Crippen LogP contribution is 2.19. The van der Waals surface area contributed by atoms with Gasteiger partial charge < -0.3 is 15.3 Å². The molecule has 2 N–H and O–H groups in total. The van der Waals surface area contributed by atoms with Gasteiger partial charge in [0.05, 0.1) is 0 Å². The summed E-state index contributed by atoms with van der Waals surface area (Å²) in [5.74, 6) is -0.676. The molecule has 104 valence electrons. The zero-order valence-electron chi connectivity index (χ0n) is 11.3. The number of carboxylic acids is 1.